The van der Waals surface area contributed by atoms with E-state index in [9.17, 15) is 9.59 Å². The molecule has 0 unspecified atom stereocenters. The summed E-state index contributed by atoms with van der Waals surface area (Å²) in [6.07, 6.45) is 5.27. The van der Waals surface area contributed by atoms with E-state index in [4.69, 9.17) is 0 Å². The molecule has 2 aliphatic rings. The van der Waals surface area contributed by atoms with Gasteiger partial charge in [0.15, 0.2) is 0 Å². The number of nitrogens with one attached hydrogen (secondary N) is 2. The first-order valence-electron chi connectivity index (χ1n) is 7.93. The van der Waals surface area contributed by atoms with Crippen molar-refractivity contribution in [1.82, 2.24) is 20.2 Å². The van der Waals surface area contributed by atoms with Crippen molar-refractivity contribution in [3.05, 3.63) is 24.0 Å². The van der Waals surface area contributed by atoms with E-state index in [1.165, 1.54) is 0 Å². The third kappa shape index (κ3) is 2.37. The summed E-state index contributed by atoms with van der Waals surface area (Å²) >= 11 is 0. The lowest BCUT2D eigenvalue weighted by atomic mass is 10.2. The first-order chi connectivity index (χ1) is 11.1. The Labute approximate surface area is 133 Å². The summed E-state index contributed by atoms with van der Waals surface area (Å²) in [5.41, 5.74) is 2.83. The van der Waals surface area contributed by atoms with Crippen LogP contribution in [0.2, 0.25) is 0 Å². The molecule has 2 aromatic rings. The molecule has 7 heteroatoms. The highest BCUT2D eigenvalue weighted by atomic mass is 16.2. The van der Waals surface area contributed by atoms with Gasteiger partial charge in [-0.15, -0.1) is 0 Å². The summed E-state index contributed by atoms with van der Waals surface area (Å²) < 4.78 is 2.23. The standard InChI is InChI=1S/C16H19N5O2/c1-10-9-21(11-2-4-17-7-11)15-13(10)6-12(8-18-15)20-5-3-14(22)19-16(20)23/h6,8-9,11,17H,2-5,7H2,1H3,(H,19,22,23)/t11-/m0/s1. The molecule has 1 atom stereocenters. The molecular formula is C16H19N5O2. The van der Waals surface area contributed by atoms with Crippen molar-refractivity contribution in [2.75, 3.05) is 24.5 Å². The monoisotopic (exact) mass is 313 g/mol. The Morgan fingerprint density at radius 2 is 2.22 bits per heavy atom. The zero-order chi connectivity index (χ0) is 16.0. The van der Waals surface area contributed by atoms with E-state index < -0.39 is 0 Å². The molecule has 2 aromatic heterocycles. The van der Waals surface area contributed by atoms with Crippen molar-refractivity contribution in [3.63, 3.8) is 0 Å². The van der Waals surface area contributed by atoms with Crippen LogP contribution in [0.5, 0.6) is 0 Å². The summed E-state index contributed by atoms with van der Waals surface area (Å²) in [7, 11) is 0. The van der Waals surface area contributed by atoms with Crippen LogP contribution < -0.4 is 15.5 Å². The van der Waals surface area contributed by atoms with Crippen LogP contribution in [0.15, 0.2) is 18.5 Å². The third-order valence-corrected chi connectivity index (χ3v) is 4.65. The van der Waals surface area contributed by atoms with Crippen molar-refractivity contribution >= 4 is 28.7 Å². The second-order valence-electron chi connectivity index (χ2n) is 6.19. The molecule has 0 spiro atoms. The smallest absolute Gasteiger partial charge is 0.328 e. The van der Waals surface area contributed by atoms with Crippen LogP contribution in [-0.2, 0) is 4.79 Å². The lowest BCUT2D eigenvalue weighted by molar-refractivity contribution is -0.120. The number of imide groups is 1. The van der Waals surface area contributed by atoms with Gasteiger partial charge in [0, 0.05) is 37.1 Å². The van der Waals surface area contributed by atoms with Crippen molar-refractivity contribution in [2.24, 2.45) is 0 Å². The number of carbonyl (C=O) groups excluding carboxylic acids is 2. The van der Waals surface area contributed by atoms with Crippen molar-refractivity contribution < 1.29 is 9.59 Å². The normalized spacial score (nSPS) is 22.0. The van der Waals surface area contributed by atoms with Gasteiger partial charge in [0.1, 0.15) is 5.65 Å². The number of aryl methyl sites for hydroxylation is 1. The Hall–Kier alpha value is -2.41. The van der Waals surface area contributed by atoms with Crippen molar-refractivity contribution in [1.29, 1.82) is 0 Å². The molecule has 2 fully saturated rings. The van der Waals surface area contributed by atoms with Crippen LogP contribution in [0.1, 0.15) is 24.4 Å². The number of amides is 3. The molecule has 4 heterocycles. The van der Waals surface area contributed by atoms with Gasteiger partial charge in [-0.3, -0.25) is 15.0 Å². The molecule has 0 saturated carbocycles. The van der Waals surface area contributed by atoms with Crippen LogP contribution in [-0.4, -0.2) is 41.1 Å². The molecule has 0 aliphatic carbocycles. The highest BCUT2D eigenvalue weighted by molar-refractivity contribution is 6.06. The molecule has 2 aliphatic heterocycles. The van der Waals surface area contributed by atoms with E-state index in [0.717, 1.165) is 41.8 Å². The van der Waals surface area contributed by atoms with Gasteiger partial charge in [-0.2, -0.15) is 0 Å². The number of nitrogens with zero attached hydrogens (tertiary/aromatic N) is 3. The van der Waals surface area contributed by atoms with Crippen molar-refractivity contribution in [2.45, 2.75) is 25.8 Å². The van der Waals surface area contributed by atoms with Gasteiger partial charge in [-0.05, 0) is 31.5 Å². The van der Waals surface area contributed by atoms with Crippen LogP contribution in [0.4, 0.5) is 10.5 Å². The summed E-state index contributed by atoms with van der Waals surface area (Å²) in [6, 6.07) is 2.05. The topological polar surface area (TPSA) is 79.3 Å². The number of anilines is 1. The van der Waals surface area contributed by atoms with Gasteiger partial charge in [0.25, 0.3) is 0 Å². The number of fused-ring (bicyclic) bond motifs is 1. The van der Waals surface area contributed by atoms with Crippen LogP contribution >= 0.6 is 0 Å². The minimum Gasteiger partial charge on any atom is -0.328 e. The number of aromatic nitrogens is 2. The van der Waals surface area contributed by atoms with Crippen LogP contribution in [0.25, 0.3) is 11.0 Å². The minimum atomic E-state index is -0.375. The number of rotatable bonds is 2. The van der Waals surface area contributed by atoms with E-state index in [1.54, 1.807) is 11.1 Å². The van der Waals surface area contributed by atoms with Gasteiger partial charge < -0.3 is 9.88 Å². The highest BCUT2D eigenvalue weighted by Gasteiger charge is 2.26. The Morgan fingerprint density at radius 1 is 1.35 bits per heavy atom. The summed E-state index contributed by atoms with van der Waals surface area (Å²) in [5, 5.41) is 6.78. The van der Waals surface area contributed by atoms with E-state index in [-0.39, 0.29) is 11.9 Å². The average molecular weight is 313 g/mol. The zero-order valence-electron chi connectivity index (χ0n) is 13.0. The average Bonchev–Trinajstić information content (AvgIpc) is 3.15. The van der Waals surface area contributed by atoms with E-state index in [2.05, 4.69) is 33.3 Å². The van der Waals surface area contributed by atoms with Crippen LogP contribution in [0, 0.1) is 6.92 Å². The maximum Gasteiger partial charge on any atom is 0.328 e. The predicted molar refractivity (Wildman–Crippen MR) is 86.5 cm³/mol. The van der Waals surface area contributed by atoms with Gasteiger partial charge in [0.2, 0.25) is 5.91 Å². The number of hydrogen-bond acceptors (Lipinski definition) is 4. The second-order valence-corrected chi connectivity index (χ2v) is 6.19. The molecule has 23 heavy (non-hydrogen) atoms. The van der Waals surface area contributed by atoms with E-state index in [1.807, 2.05) is 6.07 Å². The van der Waals surface area contributed by atoms with Gasteiger partial charge in [0.05, 0.1) is 11.9 Å². The van der Waals surface area contributed by atoms with Crippen LogP contribution in [0.3, 0.4) is 0 Å². The first-order valence-corrected chi connectivity index (χ1v) is 7.93. The summed E-state index contributed by atoms with van der Waals surface area (Å²) in [5.74, 6) is -0.226. The third-order valence-electron chi connectivity index (χ3n) is 4.65. The molecule has 0 aromatic carbocycles. The zero-order valence-corrected chi connectivity index (χ0v) is 13.0. The van der Waals surface area contributed by atoms with Gasteiger partial charge in [-0.25, -0.2) is 9.78 Å². The van der Waals surface area contributed by atoms with E-state index >= 15 is 0 Å². The fraction of sp³-hybridized carbons (Fsp3) is 0.438. The number of pyridine rings is 1. The van der Waals surface area contributed by atoms with Gasteiger partial charge in [-0.1, -0.05) is 0 Å². The Balaban J connectivity index is 1.72. The SMILES string of the molecule is Cc1cn([C@H]2CCNC2)c2ncc(N3CCC(=O)NC3=O)cc12. The number of hydrogen-bond donors (Lipinski definition) is 2. The number of urea groups is 1. The van der Waals surface area contributed by atoms with E-state index in [0.29, 0.717) is 19.0 Å². The van der Waals surface area contributed by atoms with Gasteiger partial charge >= 0.3 is 6.03 Å². The summed E-state index contributed by atoms with van der Waals surface area (Å²) in [6.45, 7) is 4.45. The quantitative estimate of drug-likeness (QED) is 0.876. The lowest BCUT2D eigenvalue weighted by Gasteiger charge is -2.26. The highest BCUT2D eigenvalue weighted by Crippen LogP contribution is 2.29. The predicted octanol–water partition coefficient (Wildman–Crippen LogP) is 1.33. The minimum absolute atomic E-state index is 0.226. The molecule has 0 bridgehead atoms. The molecule has 0 radical (unpaired) electrons. The Morgan fingerprint density at radius 3 is 2.96 bits per heavy atom. The molecule has 120 valence electrons. The largest absolute Gasteiger partial charge is 0.328 e. The molecule has 4 rings (SSSR count). The Kier molecular flexibility index (Phi) is 3.30. The second kappa shape index (κ2) is 5.34. The summed E-state index contributed by atoms with van der Waals surface area (Å²) in [4.78, 5) is 29.5. The fourth-order valence-corrected chi connectivity index (χ4v) is 3.40. The molecular weight excluding hydrogens is 294 g/mol. The van der Waals surface area contributed by atoms with Crippen molar-refractivity contribution in [3.8, 4) is 0 Å². The molecule has 3 amide bonds. The number of carbonyl (C=O) groups is 2. The molecule has 2 saturated heterocycles. The Bertz CT molecular complexity index is 791. The molecule has 2 N–H and O–H groups in total. The first kappa shape index (κ1) is 14.2. The fourth-order valence-electron chi connectivity index (χ4n) is 3.40. The lowest BCUT2D eigenvalue weighted by Crippen LogP contribution is -2.49. The maximum absolute atomic E-state index is 12.0. The maximum atomic E-state index is 12.0. The molecule has 7 nitrogen and oxygen atoms in total.